The Morgan fingerprint density at radius 3 is 2.97 bits per heavy atom. The van der Waals surface area contributed by atoms with E-state index >= 15 is 0 Å². The first-order chi connectivity index (χ1) is 18.0. The molecule has 2 amide bonds. The van der Waals surface area contributed by atoms with Gasteiger partial charge in [0, 0.05) is 47.7 Å². The number of amides is 2. The number of aromatic nitrogens is 2. The molecule has 5 rings (SSSR count). The monoisotopic (exact) mass is 517 g/mol. The fraction of sp³-hybridized carbons (Fsp3) is 0.321. The predicted octanol–water partition coefficient (Wildman–Crippen LogP) is 4.33. The van der Waals surface area contributed by atoms with Gasteiger partial charge in [-0.25, -0.2) is 0 Å². The summed E-state index contributed by atoms with van der Waals surface area (Å²) >= 11 is 6.48. The minimum Gasteiger partial charge on any atom is -0.489 e. The number of likely N-dealkylation sites (tertiary alicyclic amines) is 1. The van der Waals surface area contributed by atoms with Gasteiger partial charge in [0.05, 0.1) is 29.2 Å². The zero-order valence-electron chi connectivity index (χ0n) is 20.8. The van der Waals surface area contributed by atoms with E-state index < -0.39 is 0 Å². The van der Waals surface area contributed by atoms with E-state index in [-0.39, 0.29) is 17.9 Å². The van der Waals surface area contributed by atoms with E-state index in [1.165, 1.54) is 0 Å². The van der Waals surface area contributed by atoms with Gasteiger partial charge in [0.25, 0.3) is 11.8 Å². The zero-order valence-corrected chi connectivity index (χ0v) is 21.5. The number of rotatable bonds is 7. The summed E-state index contributed by atoms with van der Waals surface area (Å²) < 4.78 is 6.21. The first-order valence-electron chi connectivity index (χ1n) is 12.4. The Bertz CT molecular complexity index is 1420. The molecular weight excluding hydrogens is 490 g/mol. The highest BCUT2D eigenvalue weighted by molar-refractivity contribution is 6.31. The molecule has 1 atom stereocenters. The Labute approximate surface area is 220 Å². The molecule has 2 aliphatic rings. The molecule has 3 N–H and O–H groups in total. The Morgan fingerprint density at radius 1 is 1.35 bits per heavy atom. The van der Waals surface area contributed by atoms with Gasteiger partial charge in [-0.2, -0.15) is 0 Å². The summed E-state index contributed by atoms with van der Waals surface area (Å²) in [5.74, 6) is 5.50. The Hall–Kier alpha value is -3.96. The fourth-order valence-electron chi connectivity index (χ4n) is 4.82. The lowest BCUT2D eigenvalue weighted by Gasteiger charge is -2.39. The summed E-state index contributed by atoms with van der Waals surface area (Å²) in [6.45, 7) is 5.26. The molecule has 0 radical (unpaired) electrons. The molecule has 1 saturated heterocycles. The molecule has 4 heterocycles. The highest BCUT2D eigenvalue weighted by Crippen LogP contribution is 2.41. The van der Waals surface area contributed by atoms with Crippen molar-refractivity contribution in [1.82, 2.24) is 20.2 Å². The van der Waals surface area contributed by atoms with E-state index in [1.807, 2.05) is 31.2 Å². The lowest BCUT2D eigenvalue weighted by molar-refractivity contribution is -0.133. The number of halogens is 1. The van der Waals surface area contributed by atoms with Crippen LogP contribution in [0.2, 0.25) is 5.02 Å². The van der Waals surface area contributed by atoms with Crippen LogP contribution in [0.5, 0.6) is 5.75 Å². The molecule has 1 unspecified atom stereocenters. The number of nitrogens with zero attached hydrogens (tertiary/aromatic N) is 2. The number of fused-ring (bicyclic) bond motifs is 1. The molecule has 2 aromatic heterocycles. The van der Waals surface area contributed by atoms with Crippen LogP contribution < -0.4 is 15.4 Å². The maximum absolute atomic E-state index is 13.0. The second kappa shape index (κ2) is 10.6. The molecule has 0 aliphatic carbocycles. The van der Waals surface area contributed by atoms with Gasteiger partial charge in [-0.15, -0.1) is 0 Å². The number of anilines is 2. The Kier molecular flexibility index (Phi) is 7.06. The normalized spacial score (nSPS) is 16.1. The molecule has 0 bridgehead atoms. The van der Waals surface area contributed by atoms with Crippen molar-refractivity contribution in [3.63, 3.8) is 0 Å². The lowest BCUT2D eigenvalue weighted by atomic mass is 10.0. The smallest absolute Gasteiger partial charge is 0.298 e. The molecule has 190 valence electrons. The summed E-state index contributed by atoms with van der Waals surface area (Å²) in [5, 5.41) is 7.12. The first-order valence-corrected chi connectivity index (χ1v) is 12.8. The van der Waals surface area contributed by atoms with Gasteiger partial charge in [-0.3, -0.25) is 14.6 Å². The standard InChI is InChI=1S/C28H28ClN5O3/c1-3-6-24(35)34-14-11-17(34)16-37-23-15-30-12-9-19(23)26-27(25-22(33-26)10-13-31-28(25)36)32-21-8-5-7-20(29)18(21)4-2/h5,7-9,12,15,17,32-33H,4,10-11,13-14,16H2,1-2H3,(H,31,36). The van der Waals surface area contributed by atoms with Crippen molar-refractivity contribution < 1.29 is 14.3 Å². The third-order valence-electron chi connectivity index (χ3n) is 6.82. The number of nitrogens with one attached hydrogen (secondary N) is 3. The second-order valence-electron chi connectivity index (χ2n) is 8.98. The topological polar surface area (TPSA) is 99.3 Å². The molecule has 1 aromatic carbocycles. The van der Waals surface area contributed by atoms with Crippen molar-refractivity contribution in [2.45, 2.75) is 39.2 Å². The number of hydrogen-bond donors (Lipinski definition) is 3. The van der Waals surface area contributed by atoms with E-state index in [9.17, 15) is 9.59 Å². The van der Waals surface area contributed by atoms with Gasteiger partial charge in [0.1, 0.15) is 12.4 Å². The highest BCUT2D eigenvalue weighted by atomic mass is 35.5. The molecule has 0 saturated carbocycles. The first kappa shape index (κ1) is 24.7. The third-order valence-corrected chi connectivity index (χ3v) is 7.17. The van der Waals surface area contributed by atoms with Crippen LogP contribution in [0.25, 0.3) is 11.3 Å². The van der Waals surface area contributed by atoms with Crippen molar-refractivity contribution >= 4 is 34.8 Å². The Morgan fingerprint density at radius 2 is 2.22 bits per heavy atom. The molecule has 9 heteroatoms. The summed E-state index contributed by atoms with van der Waals surface area (Å²) in [4.78, 5) is 34.6. The van der Waals surface area contributed by atoms with Crippen LogP contribution in [0.1, 0.15) is 41.9 Å². The second-order valence-corrected chi connectivity index (χ2v) is 9.39. The highest BCUT2D eigenvalue weighted by Gasteiger charge is 2.33. The minimum absolute atomic E-state index is 0.0415. The number of hydrogen-bond acceptors (Lipinski definition) is 5. The molecule has 0 spiro atoms. The average Bonchev–Trinajstić information content (AvgIpc) is 3.23. The summed E-state index contributed by atoms with van der Waals surface area (Å²) in [6, 6.07) is 7.53. The SMILES string of the molecule is CC#CC(=O)N1CCC1COc1cnccc1-c1[nH]c2c(c1Nc1cccc(Cl)c1CC)C(=O)NCC2. The quantitative estimate of drug-likeness (QED) is 0.405. The zero-order chi connectivity index (χ0) is 25.9. The fourth-order valence-corrected chi connectivity index (χ4v) is 5.13. The van der Waals surface area contributed by atoms with Crippen molar-refractivity contribution in [2.75, 3.05) is 25.0 Å². The van der Waals surface area contributed by atoms with Gasteiger partial charge in [-0.05, 0) is 49.4 Å². The molecule has 8 nitrogen and oxygen atoms in total. The van der Waals surface area contributed by atoms with Gasteiger partial charge in [-0.1, -0.05) is 30.5 Å². The minimum atomic E-state index is -0.184. The largest absolute Gasteiger partial charge is 0.489 e. The summed E-state index contributed by atoms with van der Waals surface area (Å²) in [6.07, 6.45) is 5.62. The van der Waals surface area contributed by atoms with Gasteiger partial charge in [0.2, 0.25) is 0 Å². The maximum atomic E-state index is 13.0. The number of pyridine rings is 1. The third kappa shape index (κ3) is 4.75. The Balaban J connectivity index is 1.51. The predicted molar refractivity (Wildman–Crippen MR) is 143 cm³/mol. The molecule has 2 aliphatic heterocycles. The van der Waals surface area contributed by atoms with Crippen molar-refractivity contribution in [1.29, 1.82) is 0 Å². The molecule has 37 heavy (non-hydrogen) atoms. The van der Waals surface area contributed by atoms with E-state index in [0.717, 1.165) is 41.0 Å². The van der Waals surface area contributed by atoms with E-state index in [0.29, 0.717) is 48.1 Å². The van der Waals surface area contributed by atoms with E-state index in [4.69, 9.17) is 16.3 Å². The molecule has 3 aromatic rings. The number of ether oxygens (including phenoxy) is 1. The van der Waals surface area contributed by atoms with Crippen molar-refractivity contribution in [3.8, 4) is 28.8 Å². The number of aromatic amines is 1. The molecular formula is C28H28ClN5O3. The maximum Gasteiger partial charge on any atom is 0.298 e. The van der Waals surface area contributed by atoms with Gasteiger partial charge >= 0.3 is 0 Å². The number of carbonyl (C=O) groups excluding carboxylic acids is 2. The average molecular weight is 518 g/mol. The number of benzene rings is 1. The van der Waals surface area contributed by atoms with E-state index in [1.54, 1.807) is 24.2 Å². The van der Waals surface area contributed by atoms with Crippen LogP contribution >= 0.6 is 11.6 Å². The summed E-state index contributed by atoms with van der Waals surface area (Å²) in [5.41, 5.74) is 5.42. The van der Waals surface area contributed by atoms with Crippen LogP contribution in [-0.4, -0.2) is 52.4 Å². The van der Waals surface area contributed by atoms with Crippen LogP contribution in [-0.2, 0) is 17.6 Å². The van der Waals surface area contributed by atoms with E-state index in [2.05, 4.69) is 32.4 Å². The lowest BCUT2D eigenvalue weighted by Crippen LogP contribution is -2.53. The van der Waals surface area contributed by atoms with Gasteiger partial charge in [0.15, 0.2) is 0 Å². The number of carbonyl (C=O) groups is 2. The van der Waals surface area contributed by atoms with Crippen molar-refractivity contribution in [2.24, 2.45) is 0 Å². The van der Waals surface area contributed by atoms with Crippen LogP contribution in [0.4, 0.5) is 11.4 Å². The van der Waals surface area contributed by atoms with Crippen LogP contribution in [0.15, 0.2) is 36.7 Å². The van der Waals surface area contributed by atoms with Gasteiger partial charge < -0.3 is 25.3 Å². The number of H-pyrrole nitrogens is 1. The van der Waals surface area contributed by atoms with Crippen LogP contribution in [0, 0.1) is 11.8 Å². The molecule has 1 fully saturated rings. The van der Waals surface area contributed by atoms with Crippen molar-refractivity contribution in [3.05, 3.63) is 58.5 Å². The summed E-state index contributed by atoms with van der Waals surface area (Å²) in [7, 11) is 0. The van der Waals surface area contributed by atoms with Crippen LogP contribution in [0.3, 0.4) is 0 Å².